The van der Waals surface area contributed by atoms with Crippen LogP contribution in [0.2, 0.25) is 5.02 Å². The van der Waals surface area contributed by atoms with Gasteiger partial charge in [0, 0.05) is 18.1 Å². The lowest BCUT2D eigenvalue weighted by Gasteiger charge is -2.07. The number of pyridine rings is 1. The minimum Gasteiger partial charge on any atom is -0.322 e. The number of hydrogen-bond donors (Lipinski definition) is 1. The van der Waals surface area contributed by atoms with Crippen LogP contribution in [-0.2, 0) is 0 Å². The molecule has 2 aromatic heterocycles. The van der Waals surface area contributed by atoms with Crippen molar-refractivity contribution in [3.05, 3.63) is 66.0 Å². The third kappa shape index (κ3) is 2.90. The lowest BCUT2D eigenvalue weighted by molar-refractivity contribution is 0.102. The summed E-state index contributed by atoms with van der Waals surface area (Å²) in [6.45, 7) is 0. The largest absolute Gasteiger partial charge is 0.322 e. The number of amides is 1. The Bertz CT molecular complexity index is 755. The second-order valence-electron chi connectivity index (χ2n) is 4.20. The Kier molecular flexibility index (Phi) is 3.61. The zero-order valence-corrected chi connectivity index (χ0v) is 11.5. The van der Waals surface area contributed by atoms with E-state index in [-0.39, 0.29) is 5.91 Å². The first-order valence-electron chi connectivity index (χ1n) is 6.10. The summed E-state index contributed by atoms with van der Waals surface area (Å²) in [7, 11) is 0. The molecule has 0 aliphatic rings. The van der Waals surface area contributed by atoms with E-state index in [1.165, 1.54) is 18.7 Å². The summed E-state index contributed by atoms with van der Waals surface area (Å²) in [5.74, 6) is -0.304. The van der Waals surface area contributed by atoms with E-state index in [4.69, 9.17) is 11.6 Å². The van der Waals surface area contributed by atoms with Gasteiger partial charge in [-0.05, 0) is 30.3 Å². The number of anilines is 1. The predicted molar refractivity (Wildman–Crippen MR) is 78.6 cm³/mol. The highest BCUT2D eigenvalue weighted by Gasteiger charge is 2.10. The molecule has 21 heavy (non-hydrogen) atoms. The van der Waals surface area contributed by atoms with Crippen LogP contribution in [0, 0.1) is 0 Å². The van der Waals surface area contributed by atoms with Gasteiger partial charge in [0.2, 0.25) is 0 Å². The van der Waals surface area contributed by atoms with Gasteiger partial charge in [-0.2, -0.15) is 5.10 Å². The van der Waals surface area contributed by atoms with Gasteiger partial charge in [-0.3, -0.25) is 9.78 Å². The van der Waals surface area contributed by atoms with E-state index in [0.29, 0.717) is 16.3 Å². The summed E-state index contributed by atoms with van der Waals surface area (Å²) in [6.07, 6.45) is 6.02. The first-order valence-corrected chi connectivity index (χ1v) is 6.48. The minimum absolute atomic E-state index is 0.304. The van der Waals surface area contributed by atoms with Crippen molar-refractivity contribution in [3.63, 3.8) is 0 Å². The fourth-order valence-electron chi connectivity index (χ4n) is 1.78. The Balaban J connectivity index is 1.77. The third-order valence-electron chi connectivity index (χ3n) is 2.82. The van der Waals surface area contributed by atoms with Crippen molar-refractivity contribution in [1.29, 1.82) is 0 Å². The molecule has 0 fully saturated rings. The smallest absolute Gasteiger partial charge is 0.258 e. The standard InChI is InChI=1S/C14H10ClN5O/c15-13-5-6-16-7-12(13)14(21)19-10-1-3-11(4-2-10)20-9-17-8-18-20/h1-9H,(H,19,21). The van der Waals surface area contributed by atoms with Gasteiger partial charge in [0.15, 0.2) is 0 Å². The number of benzene rings is 1. The number of aromatic nitrogens is 4. The molecule has 0 saturated carbocycles. The van der Waals surface area contributed by atoms with Crippen LogP contribution in [-0.4, -0.2) is 25.7 Å². The van der Waals surface area contributed by atoms with Crippen LogP contribution >= 0.6 is 11.6 Å². The molecule has 0 bridgehead atoms. The first kappa shape index (κ1) is 13.3. The molecule has 1 aromatic carbocycles. The van der Waals surface area contributed by atoms with Gasteiger partial charge in [0.25, 0.3) is 5.91 Å². The number of carbonyl (C=O) groups is 1. The Labute approximate surface area is 125 Å². The molecule has 0 aliphatic carbocycles. The van der Waals surface area contributed by atoms with E-state index in [1.807, 2.05) is 12.1 Å². The summed E-state index contributed by atoms with van der Waals surface area (Å²) in [5, 5.41) is 7.15. The van der Waals surface area contributed by atoms with Crippen LogP contribution < -0.4 is 5.32 Å². The Morgan fingerprint density at radius 2 is 1.95 bits per heavy atom. The number of hydrogen-bond acceptors (Lipinski definition) is 4. The first-order chi connectivity index (χ1) is 10.2. The fourth-order valence-corrected chi connectivity index (χ4v) is 1.97. The van der Waals surface area contributed by atoms with E-state index in [2.05, 4.69) is 20.4 Å². The number of halogens is 1. The van der Waals surface area contributed by atoms with E-state index in [0.717, 1.165) is 5.69 Å². The molecule has 1 amide bonds. The van der Waals surface area contributed by atoms with Gasteiger partial charge in [-0.15, -0.1) is 0 Å². The topological polar surface area (TPSA) is 72.7 Å². The molecule has 0 atom stereocenters. The average molecular weight is 300 g/mol. The Hall–Kier alpha value is -2.73. The molecule has 3 rings (SSSR count). The summed E-state index contributed by atoms with van der Waals surface area (Å²) < 4.78 is 1.63. The maximum absolute atomic E-state index is 12.1. The van der Waals surface area contributed by atoms with Gasteiger partial charge in [-0.1, -0.05) is 11.6 Å². The van der Waals surface area contributed by atoms with Crippen molar-refractivity contribution in [3.8, 4) is 5.69 Å². The Morgan fingerprint density at radius 1 is 1.14 bits per heavy atom. The maximum atomic E-state index is 12.1. The lowest BCUT2D eigenvalue weighted by atomic mass is 10.2. The summed E-state index contributed by atoms with van der Waals surface area (Å²) in [6, 6.07) is 8.78. The summed E-state index contributed by atoms with van der Waals surface area (Å²) in [4.78, 5) is 19.9. The van der Waals surface area contributed by atoms with Crippen molar-refractivity contribution >= 4 is 23.2 Å². The van der Waals surface area contributed by atoms with E-state index in [1.54, 1.807) is 29.2 Å². The van der Waals surface area contributed by atoms with Crippen molar-refractivity contribution in [2.75, 3.05) is 5.32 Å². The summed E-state index contributed by atoms with van der Waals surface area (Å²) >= 11 is 5.96. The normalized spacial score (nSPS) is 10.3. The van der Waals surface area contributed by atoms with E-state index < -0.39 is 0 Å². The van der Waals surface area contributed by atoms with Crippen LogP contribution in [0.5, 0.6) is 0 Å². The lowest BCUT2D eigenvalue weighted by Crippen LogP contribution is -2.12. The SMILES string of the molecule is O=C(Nc1ccc(-n2cncn2)cc1)c1cnccc1Cl. The second kappa shape index (κ2) is 5.72. The molecule has 0 spiro atoms. The van der Waals surface area contributed by atoms with Crippen LogP contribution in [0.1, 0.15) is 10.4 Å². The highest BCUT2D eigenvalue weighted by molar-refractivity contribution is 6.34. The molecule has 0 saturated heterocycles. The molecule has 0 aliphatic heterocycles. The molecular weight excluding hydrogens is 290 g/mol. The molecular formula is C14H10ClN5O. The number of nitrogens with zero attached hydrogens (tertiary/aromatic N) is 4. The molecule has 6 nitrogen and oxygen atoms in total. The quantitative estimate of drug-likeness (QED) is 0.806. The number of carbonyl (C=O) groups excluding carboxylic acids is 1. The second-order valence-corrected chi connectivity index (χ2v) is 4.60. The molecule has 104 valence electrons. The molecule has 0 radical (unpaired) electrons. The zero-order chi connectivity index (χ0) is 14.7. The van der Waals surface area contributed by atoms with Crippen LogP contribution in [0.15, 0.2) is 55.4 Å². The van der Waals surface area contributed by atoms with Gasteiger partial charge in [-0.25, -0.2) is 9.67 Å². The van der Waals surface area contributed by atoms with Gasteiger partial charge >= 0.3 is 0 Å². The van der Waals surface area contributed by atoms with E-state index in [9.17, 15) is 4.79 Å². The highest BCUT2D eigenvalue weighted by atomic mass is 35.5. The fraction of sp³-hybridized carbons (Fsp3) is 0. The van der Waals surface area contributed by atoms with Crippen molar-refractivity contribution in [2.24, 2.45) is 0 Å². The zero-order valence-electron chi connectivity index (χ0n) is 10.8. The monoisotopic (exact) mass is 299 g/mol. The molecule has 2 heterocycles. The summed E-state index contributed by atoms with van der Waals surface area (Å²) in [5.41, 5.74) is 1.84. The molecule has 3 aromatic rings. The minimum atomic E-state index is -0.304. The van der Waals surface area contributed by atoms with Gasteiger partial charge in [0.1, 0.15) is 12.7 Å². The van der Waals surface area contributed by atoms with Crippen molar-refractivity contribution in [1.82, 2.24) is 19.7 Å². The molecule has 0 unspecified atom stereocenters. The number of rotatable bonds is 3. The predicted octanol–water partition coefficient (Wildman–Crippen LogP) is 2.57. The van der Waals surface area contributed by atoms with Crippen LogP contribution in [0.25, 0.3) is 5.69 Å². The highest BCUT2D eigenvalue weighted by Crippen LogP contribution is 2.17. The van der Waals surface area contributed by atoms with Crippen LogP contribution in [0.3, 0.4) is 0 Å². The van der Waals surface area contributed by atoms with E-state index >= 15 is 0 Å². The molecule has 7 heteroatoms. The van der Waals surface area contributed by atoms with Gasteiger partial charge in [0.05, 0.1) is 16.3 Å². The molecule has 1 N–H and O–H groups in total. The average Bonchev–Trinajstić information content (AvgIpc) is 3.02. The van der Waals surface area contributed by atoms with Crippen LogP contribution in [0.4, 0.5) is 5.69 Å². The van der Waals surface area contributed by atoms with Gasteiger partial charge < -0.3 is 5.32 Å². The van der Waals surface area contributed by atoms with Crippen molar-refractivity contribution in [2.45, 2.75) is 0 Å². The van der Waals surface area contributed by atoms with Crippen molar-refractivity contribution < 1.29 is 4.79 Å². The maximum Gasteiger partial charge on any atom is 0.258 e. The number of nitrogens with one attached hydrogen (secondary N) is 1. The Morgan fingerprint density at radius 3 is 2.62 bits per heavy atom. The third-order valence-corrected chi connectivity index (χ3v) is 3.15.